The van der Waals surface area contributed by atoms with Gasteiger partial charge in [0.05, 0.1) is 25.9 Å². The number of benzene rings is 1. The number of fused-ring (bicyclic) bond motifs is 1. The first-order valence-corrected chi connectivity index (χ1v) is 8.77. The molecule has 2 aromatic rings. The van der Waals surface area contributed by atoms with Gasteiger partial charge in [-0.05, 0) is 38.0 Å². The van der Waals surface area contributed by atoms with Crippen LogP contribution in [0.5, 0.6) is 5.75 Å². The molecule has 0 N–H and O–H groups in total. The highest BCUT2D eigenvalue weighted by Crippen LogP contribution is 2.32. The van der Waals surface area contributed by atoms with E-state index >= 15 is 0 Å². The molecule has 0 radical (unpaired) electrons. The molecule has 2 saturated heterocycles. The molecule has 1 amide bonds. The Balaban J connectivity index is 1.61. The SMILES string of the molecule is COc1ccc2oc(C)c(C(=O)N3CCCC(C4OCCO4)C3)c2c1. The number of carbonyl (C=O) groups is 1. The summed E-state index contributed by atoms with van der Waals surface area (Å²) in [7, 11) is 1.62. The van der Waals surface area contributed by atoms with Crippen LogP contribution >= 0.6 is 0 Å². The predicted octanol–water partition coefficient (Wildman–Crippen LogP) is 2.97. The van der Waals surface area contributed by atoms with Crippen LogP contribution in [-0.2, 0) is 9.47 Å². The zero-order chi connectivity index (χ0) is 17.4. The number of aryl methyl sites for hydroxylation is 1. The first kappa shape index (κ1) is 16.4. The van der Waals surface area contributed by atoms with Crippen LogP contribution in [0.1, 0.15) is 29.0 Å². The minimum atomic E-state index is -0.183. The number of piperidine rings is 1. The van der Waals surface area contributed by atoms with Crippen molar-refractivity contribution in [2.45, 2.75) is 26.1 Å². The van der Waals surface area contributed by atoms with E-state index in [1.165, 1.54) is 0 Å². The van der Waals surface area contributed by atoms with Crippen LogP contribution in [-0.4, -0.2) is 50.5 Å². The van der Waals surface area contributed by atoms with Crippen molar-refractivity contribution in [3.05, 3.63) is 29.5 Å². The highest BCUT2D eigenvalue weighted by molar-refractivity contribution is 6.07. The first-order chi connectivity index (χ1) is 12.2. The Morgan fingerprint density at radius 3 is 2.84 bits per heavy atom. The van der Waals surface area contributed by atoms with E-state index < -0.39 is 0 Å². The molecule has 0 spiro atoms. The number of methoxy groups -OCH3 is 1. The molecule has 1 atom stereocenters. The molecule has 1 aromatic carbocycles. The molecule has 6 nitrogen and oxygen atoms in total. The standard InChI is InChI=1S/C19H23NO5/c1-12-17(15-10-14(22-2)5-6-16(15)25-12)18(21)20-7-3-4-13(11-20)19-23-8-9-24-19/h5-6,10,13,19H,3-4,7-9,11H2,1-2H3. The quantitative estimate of drug-likeness (QED) is 0.856. The fourth-order valence-electron chi connectivity index (χ4n) is 3.82. The molecule has 1 unspecified atom stereocenters. The average molecular weight is 345 g/mol. The molecule has 4 rings (SSSR count). The molecule has 1 aromatic heterocycles. The van der Waals surface area contributed by atoms with Crippen LogP contribution in [0.4, 0.5) is 0 Å². The van der Waals surface area contributed by atoms with Gasteiger partial charge >= 0.3 is 0 Å². The molecule has 2 aliphatic rings. The predicted molar refractivity (Wildman–Crippen MR) is 91.8 cm³/mol. The van der Waals surface area contributed by atoms with Gasteiger partial charge in [-0.15, -0.1) is 0 Å². The molecule has 0 bridgehead atoms. The van der Waals surface area contributed by atoms with Crippen molar-refractivity contribution in [3.63, 3.8) is 0 Å². The van der Waals surface area contributed by atoms with Crippen molar-refractivity contribution in [3.8, 4) is 5.75 Å². The van der Waals surface area contributed by atoms with Gasteiger partial charge in [-0.1, -0.05) is 0 Å². The fourth-order valence-corrected chi connectivity index (χ4v) is 3.82. The van der Waals surface area contributed by atoms with Crippen LogP contribution in [0.2, 0.25) is 0 Å². The van der Waals surface area contributed by atoms with Crippen LogP contribution in [0.25, 0.3) is 11.0 Å². The van der Waals surface area contributed by atoms with Gasteiger partial charge < -0.3 is 23.5 Å². The lowest BCUT2D eigenvalue weighted by Gasteiger charge is -2.34. The molecular weight excluding hydrogens is 322 g/mol. The summed E-state index contributed by atoms with van der Waals surface area (Å²) in [5.74, 6) is 1.59. The molecule has 2 aliphatic heterocycles. The molecule has 0 saturated carbocycles. The highest BCUT2D eigenvalue weighted by Gasteiger charge is 2.34. The minimum absolute atomic E-state index is 0.00667. The summed E-state index contributed by atoms with van der Waals surface area (Å²) in [4.78, 5) is 15.1. The van der Waals surface area contributed by atoms with Gasteiger partial charge in [0.1, 0.15) is 17.1 Å². The van der Waals surface area contributed by atoms with E-state index in [9.17, 15) is 4.79 Å². The van der Waals surface area contributed by atoms with E-state index in [2.05, 4.69) is 0 Å². The van der Waals surface area contributed by atoms with Crippen LogP contribution in [0, 0.1) is 12.8 Å². The largest absolute Gasteiger partial charge is 0.497 e. The number of carbonyl (C=O) groups excluding carboxylic acids is 1. The Bertz CT molecular complexity index is 777. The molecule has 25 heavy (non-hydrogen) atoms. The van der Waals surface area contributed by atoms with E-state index in [0.29, 0.717) is 42.4 Å². The molecular formula is C19H23NO5. The number of hydrogen-bond donors (Lipinski definition) is 0. The van der Waals surface area contributed by atoms with Gasteiger partial charge in [0.2, 0.25) is 0 Å². The summed E-state index contributed by atoms with van der Waals surface area (Å²) in [5, 5.41) is 0.803. The Kier molecular flexibility index (Phi) is 4.39. The maximum Gasteiger partial charge on any atom is 0.258 e. The Labute approximate surface area is 146 Å². The zero-order valence-corrected chi connectivity index (χ0v) is 14.6. The second-order valence-electron chi connectivity index (χ2n) is 6.66. The molecule has 2 fully saturated rings. The highest BCUT2D eigenvalue weighted by atomic mass is 16.7. The summed E-state index contributed by atoms with van der Waals surface area (Å²) in [6.07, 6.45) is 1.79. The number of likely N-dealkylation sites (tertiary alicyclic amines) is 1. The van der Waals surface area contributed by atoms with E-state index in [4.69, 9.17) is 18.6 Å². The van der Waals surface area contributed by atoms with Gasteiger partial charge in [-0.2, -0.15) is 0 Å². The monoisotopic (exact) mass is 345 g/mol. The van der Waals surface area contributed by atoms with Crippen LogP contribution < -0.4 is 4.74 Å². The van der Waals surface area contributed by atoms with E-state index in [1.54, 1.807) is 7.11 Å². The third kappa shape index (κ3) is 3.00. The summed E-state index contributed by atoms with van der Waals surface area (Å²) < 4.78 is 22.4. The first-order valence-electron chi connectivity index (χ1n) is 8.77. The molecule has 6 heteroatoms. The zero-order valence-electron chi connectivity index (χ0n) is 14.6. The summed E-state index contributed by atoms with van der Waals surface area (Å²) in [6, 6.07) is 5.55. The summed E-state index contributed by atoms with van der Waals surface area (Å²) in [6.45, 7) is 4.52. The number of nitrogens with zero attached hydrogens (tertiary/aromatic N) is 1. The third-order valence-corrected chi connectivity index (χ3v) is 5.06. The van der Waals surface area contributed by atoms with Gasteiger partial charge in [-0.3, -0.25) is 4.79 Å². The Morgan fingerprint density at radius 2 is 2.08 bits per heavy atom. The Hall–Kier alpha value is -2.05. The number of furan rings is 1. The van der Waals surface area contributed by atoms with E-state index in [-0.39, 0.29) is 18.1 Å². The minimum Gasteiger partial charge on any atom is -0.497 e. The van der Waals surface area contributed by atoms with Crippen molar-refractivity contribution in [1.29, 1.82) is 0 Å². The van der Waals surface area contributed by atoms with Crippen molar-refractivity contribution < 1.29 is 23.4 Å². The van der Waals surface area contributed by atoms with Crippen molar-refractivity contribution in [1.82, 2.24) is 4.90 Å². The van der Waals surface area contributed by atoms with Crippen molar-refractivity contribution in [2.75, 3.05) is 33.4 Å². The van der Waals surface area contributed by atoms with E-state index in [0.717, 1.165) is 24.8 Å². The lowest BCUT2D eigenvalue weighted by molar-refractivity contribution is -0.0969. The molecule has 134 valence electrons. The van der Waals surface area contributed by atoms with Gasteiger partial charge in [0.25, 0.3) is 5.91 Å². The molecule has 0 aliphatic carbocycles. The smallest absolute Gasteiger partial charge is 0.258 e. The van der Waals surface area contributed by atoms with Gasteiger partial charge in [-0.25, -0.2) is 0 Å². The number of hydrogen-bond acceptors (Lipinski definition) is 5. The summed E-state index contributed by atoms with van der Waals surface area (Å²) in [5.41, 5.74) is 1.33. The fraction of sp³-hybridized carbons (Fsp3) is 0.526. The topological polar surface area (TPSA) is 61.1 Å². The average Bonchev–Trinajstić information content (AvgIpc) is 3.28. The van der Waals surface area contributed by atoms with Crippen LogP contribution in [0.3, 0.4) is 0 Å². The van der Waals surface area contributed by atoms with Crippen LogP contribution in [0.15, 0.2) is 22.6 Å². The van der Waals surface area contributed by atoms with Crippen molar-refractivity contribution >= 4 is 16.9 Å². The summed E-state index contributed by atoms with van der Waals surface area (Å²) >= 11 is 0. The third-order valence-electron chi connectivity index (χ3n) is 5.06. The normalized spacial score (nSPS) is 21.8. The van der Waals surface area contributed by atoms with Crippen molar-refractivity contribution in [2.24, 2.45) is 5.92 Å². The number of amides is 1. The lowest BCUT2D eigenvalue weighted by atomic mass is 9.96. The van der Waals surface area contributed by atoms with Gasteiger partial charge in [0.15, 0.2) is 6.29 Å². The number of ether oxygens (including phenoxy) is 3. The second kappa shape index (κ2) is 6.69. The Morgan fingerprint density at radius 1 is 1.28 bits per heavy atom. The van der Waals surface area contributed by atoms with E-state index in [1.807, 2.05) is 30.0 Å². The molecule has 3 heterocycles. The lowest BCUT2D eigenvalue weighted by Crippen LogP contribution is -2.44. The maximum absolute atomic E-state index is 13.2. The second-order valence-corrected chi connectivity index (χ2v) is 6.66. The maximum atomic E-state index is 13.2. The number of rotatable bonds is 3. The van der Waals surface area contributed by atoms with Gasteiger partial charge in [0, 0.05) is 24.4 Å².